The Balaban J connectivity index is 1.29. The number of benzene rings is 3. The molecule has 11 heteroatoms. The van der Waals surface area contributed by atoms with Crippen molar-refractivity contribution in [1.29, 1.82) is 0 Å². The SMILES string of the molecule is CCN(CC)CCOc1ccc(Nc2ncc3c(C)n(-c4cc(NC(=O)CCc5ccccc5)ccc4Cl)c(=O)nc3n2)cc1. The zero-order valence-electron chi connectivity index (χ0n) is 25.6. The van der Waals surface area contributed by atoms with Crippen LogP contribution in [0.3, 0.4) is 0 Å². The number of hydrogen-bond donors (Lipinski definition) is 2. The van der Waals surface area contributed by atoms with Gasteiger partial charge in [0.1, 0.15) is 12.4 Å². The summed E-state index contributed by atoms with van der Waals surface area (Å²) in [6, 6.07) is 22.4. The Kier molecular flexibility index (Phi) is 10.4. The maximum Gasteiger partial charge on any atom is 0.354 e. The van der Waals surface area contributed by atoms with Crippen molar-refractivity contribution in [3.05, 3.63) is 106 Å². The lowest BCUT2D eigenvalue weighted by Crippen LogP contribution is -2.27. The Labute approximate surface area is 267 Å². The summed E-state index contributed by atoms with van der Waals surface area (Å²) in [4.78, 5) is 41.4. The van der Waals surface area contributed by atoms with Crippen LogP contribution in [0.5, 0.6) is 5.75 Å². The standard InChI is InChI=1S/C34H36ClN7O3/c1-4-41(5-2)19-20-45-27-15-12-25(13-16-27)38-33-36-22-28-23(3)42(34(44)40-32(28)39-33)30-21-26(14-17-29(30)35)37-31(43)18-11-24-9-7-6-8-10-24/h6-10,12-17,21-22H,4-5,11,18-20H2,1-3H3,(H,37,43)(H,38,39,40,44). The van der Waals surface area contributed by atoms with Crippen LogP contribution >= 0.6 is 11.6 Å². The van der Waals surface area contributed by atoms with Gasteiger partial charge in [-0.2, -0.15) is 9.97 Å². The summed E-state index contributed by atoms with van der Waals surface area (Å²) in [5.74, 6) is 0.943. The van der Waals surface area contributed by atoms with Crippen molar-refractivity contribution in [1.82, 2.24) is 24.4 Å². The molecule has 0 fully saturated rings. The van der Waals surface area contributed by atoms with E-state index in [4.69, 9.17) is 16.3 Å². The van der Waals surface area contributed by atoms with Gasteiger partial charge in [-0.25, -0.2) is 9.78 Å². The predicted octanol–water partition coefficient (Wildman–Crippen LogP) is 6.17. The first-order valence-electron chi connectivity index (χ1n) is 15.0. The van der Waals surface area contributed by atoms with Gasteiger partial charge in [-0.1, -0.05) is 55.8 Å². The Bertz CT molecular complexity index is 1820. The molecule has 0 aliphatic heterocycles. The number of rotatable bonds is 13. The fraction of sp³-hybridized carbons (Fsp3) is 0.265. The minimum absolute atomic E-state index is 0.140. The Morgan fingerprint density at radius 2 is 1.71 bits per heavy atom. The van der Waals surface area contributed by atoms with Crippen LogP contribution in [0.4, 0.5) is 17.3 Å². The maximum absolute atomic E-state index is 13.3. The molecule has 5 rings (SSSR count). The molecule has 0 saturated heterocycles. The van der Waals surface area contributed by atoms with E-state index in [9.17, 15) is 9.59 Å². The zero-order valence-corrected chi connectivity index (χ0v) is 26.3. The molecule has 1 amide bonds. The number of carbonyl (C=O) groups excluding carboxylic acids is 1. The molecule has 0 bridgehead atoms. The molecule has 0 aliphatic carbocycles. The number of halogens is 1. The molecule has 0 aliphatic rings. The number of hydrogen-bond acceptors (Lipinski definition) is 8. The van der Waals surface area contributed by atoms with Crippen molar-refractivity contribution >= 4 is 45.9 Å². The number of ether oxygens (including phenoxy) is 1. The molecule has 3 aromatic carbocycles. The van der Waals surface area contributed by atoms with E-state index >= 15 is 0 Å². The summed E-state index contributed by atoms with van der Waals surface area (Å²) in [6.07, 6.45) is 2.56. The molecule has 0 atom stereocenters. The van der Waals surface area contributed by atoms with Gasteiger partial charge in [-0.3, -0.25) is 9.36 Å². The van der Waals surface area contributed by atoms with E-state index < -0.39 is 5.69 Å². The number of aromatic nitrogens is 4. The number of aryl methyl sites for hydroxylation is 2. The zero-order chi connectivity index (χ0) is 31.8. The smallest absolute Gasteiger partial charge is 0.354 e. The third-order valence-electron chi connectivity index (χ3n) is 7.52. The summed E-state index contributed by atoms with van der Waals surface area (Å²) in [5, 5.41) is 6.99. The molecule has 2 N–H and O–H groups in total. The molecule has 45 heavy (non-hydrogen) atoms. The quantitative estimate of drug-likeness (QED) is 0.160. The summed E-state index contributed by atoms with van der Waals surface area (Å²) in [7, 11) is 0. The van der Waals surface area contributed by atoms with E-state index in [2.05, 4.69) is 44.3 Å². The van der Waals surface area contributed by atoms with Crippen molar-refractivity contribution in [2.45, 2.75) is 33.6 Å². The van der Waals surface area contributed by atoms with E-state index in [1.165, 1.54) is 4.57 Å². The maximum atomic E-state index is 13.3. The molecule has 0 radical (unpaired) electrons. The highest BCUT2D eigenvalue weighted by molar-refractivity contribution is 6.32. The molecular formula is C34H36ClN7O3. The van der Waals surface area contributed by atoms with Gasteiger partial charge in [0.2, 0.25) is 11.9 Å². The number of nitrogens with one attached hydrogen (secondary N) is 2. The molecule has 10 nitrogen and oxygen atoms in total. The summed E-state index contributed by atoms with van der Waals surface area (Å²) >= 11 is 6.53. The van der Waals surface area contributed by atoms with Gasteiger partial charge >= 0.3 is 5.69 Å². The van der Waals surface area contributed by atoms with Crippen LogP contribution in [0.15, 0.2) is 83.8 Å². The Morgan fingerprint density at radius 1 is 0.978 bits per heavy atom. The number of carbonyl (C=O) groups is 1. The number of likely N-dealkylation sites (N-methyl/N-ethyl adjacent to an activating group) is 1. The van der Waals surface area contributed by atoms with Gasteiger partial charge in [0.05, 0.1) is 16.1 Å². The van der Waals surface area contributed by atoms with Crippen molar-refractivity contribution in [3.63, 3.8) is 0 Å². The second-order valence-corrected chi connectivity index (χ2v) is 10.9. The molecule has 2 heterocycles. The molecule has 0 saturated carbocycles. The topological polar surface area (TPSA) is 114 Å². The van der Waals surface area contributed by atoms with E-state index in [0.717, 1.165) is 36.6 Å². The summed E-state index contributed by atoms with van der Waals surface area (Å²) in [5.41, 5.74) is 3.04. The van der Waals surface area contributed by atoms with Gasteiger partial charge in [-0.15, -0.1) is 0 Å². The lowest BCUT2D eigenvalue weighted by molar-refractivity contribution is -0.116. The number of anilines is 3. The lowest BCUT2D eigenvalue weighted by Gasteiger charge is -2.18. The highest BCUT2D eigenvalue weighted by atomic mass is 35.5. The van der Waals surface area contributed by atoms with Crippen molar-refractivity contribution in [3.8, 4) is 11.4 Å². The Hall–Kier alpha value is -4.80. The average molecular weight is 626 g/mol. The van der Waals surface area contributed by atoms with Gasteiger partial charge < -0.3 is 20.3 Å². The highest BCUT2D eigenvalue weighted by Crippen LogP contribution is 2.27. The van der Waals surface area contributed by atoms with Crippen LogP contribution in [0.2, 0.25) is 5.02 Å². The van der Waals surface area contributed by atoms with Gasteiger partial charge in [-0.05, 0) is 74.5 Å². The fourth-order valence-electron chi connectivity index (χ4n) is 4.95. The molecular weight excluding hydrogens is 590 g/mol. The number of fused-ring (bicyclic) bond motifs is 1. The lowest BCUT2D eigenvalue weighted by atomic mass is 10.1. The van der Waals surface area contributed by atoms with Gasteiger partial charge in [0.25, 0.3) is 0 Å². The summed E-state index contributed by atoms with van der Waals surface area (Å²) < 4.78 is 7.26. The second-order valence-electron chi connectivity index (χ2n) is 10.5. The van der Waals surface area contributed by atoms with E-state index in [1.54, 1.807) is 31.3 Å². The van der Waals surface area contributed by atoms with Gasteiger partial charge in [0.15, 0.2) is 5.65 Å². The average Bonchev–Trinajstić information content (AvgIpc) is 3.05. The monoisotopic (exact) mass is 625 g/mol. The molecule has 0 unspecified atom stereocenters. The van der Waals surface area contributed by atoms with E-state index in [-0.39, 0.29) is 11.6 Å². The van der Waals surface area contributed by atoms with Crippen LogP contribution in [0.25, 0.3) is 16.7 Å². The van der Waals surface area contributed by atoms with Crippen LogP contribution in [-0.2, 0) is 11.2 Å². The molecule has 2 aromatic heterocycles. The fourth-order valence-corrected chi connectivity index (χ4v) is 5.15. The van der Waals surface area contributed by atoms with Crippen LogP contribution in [0.1, 0.15) is 31.5 Å². The van der Waals surface area contributed by atoms with Crippen molar-refractivity contribution in [2.24, 2.45) is 0 Å². The van der Waals surface area contributed by atoms with Crippen molar-refractivity contribution in [2.75, 3.05) is 36.9 Å². The summed E-state index contributed by atoms with van der Waals surface area (Å²) in [6.45, 7) is 9.52. The van der Waals surface area contributed by atoms with E-state index in [1.807, 2.05) is 54.6 Å². The molecule has 0 spiro atoms. The molecule has 232 valence electrons. The normalized spacial score (nSPS) is 11.1. The minimum atomic E-state index is -0.551. The third kappa shape index (κ3) is 8.03. The van der Waals surface area contributed by atoms with Crippen molar-refractivity contribution < 1.29 is 9.53 Å². The minimum Gasteiger partial charge on any atom is -0.492 e. The van der Waals surface area contributed by atoms with Gasteiger partial charge in [0, 0.05) is 36.2 Å². The number of nitrogens with zero attached hydrogens (tertiary/aromatic N) is 5. The highest BCUT2D eigenvalue weighted by Gasteiger charge is 2.16. The van der Waals surface area contributed by atoms with E-state index in [0.29, 0.717) is 52.9 Å². The number of amides is 1. The van der Waals surface area contributed by atoms with Crippen LogP contribution in [-0.4, -0.2) is 56.6 Å². The van der Waals surface area contributed by atoms with Crippen LogP contribution < -0.4 is 21.1 Å². The van der Waals surface area contributed by atoms with Crippen LogP contribution in [0, 0.1) is 6.92 Å². The first kappa shape index (κ1) is 31.6. The largest absolute Gasteiger partial charge is 0.492 e. The first-order chi connectivity index (χ1) is 21.8. The Morgan fingerprint density at radius 3 is 2.44 bits per heavy atom. The molecule has 5 aromatic rings. The predicted molar refractivity (Wildman–Crippen MR) is 179 cm³/mol. The first-order valence-corrected chi connectivity index (χ1v) is 15.3. The second kappa shape index (κ2) is 14.8. The third-order valence-corrected chi connectivity index (χ3v) is 7.84.